The molecule has 0 aliphatic carbocycles. The average molecular weight is 268 g/mol. The second-order valence-corrected chi connectivity index (χ2v) is 4.82. The maximum absolute atomic E-state index is 11.5. The van der Waals surface area contributed by atoms with Crippen molar-refractivity contribution in [2.75, 3.05) is 29.2 Å². The lowest BCUT2D eigenvalue weighted by Gasteiger charge is -2.16. The molecule has 98 valence electrons. The molecule has 1 N–H and O–H groups in total. The van der Waals surface area contributed by atoms with Gasteiger partial charge in [-0.3, -0.25) is 4.79 Å². The molecule has 4 nitrogen and oxygen atoms in total. The van der Waals surface area contributed by atoms with Gasteiger partial charge in [-0.25, -0.2) is 4.98 Å². The minimum Gasteiger partial charge on any atom is -0.357 e. The summed E-state index contributed by atoms with van der Waals surface area (Å²) in [6, 6.07) is 3.86. The second kappa shape index (κ2) is 6.59. The molecule has 5 heteroatoms. The number of anilines is 2. The fourth-order valence-electron chi connectivity index (χ4n) is 2.04. The average Bonchev–Trinajstić information content (AvgIpc) is 2.91. The first kappa shape index (κ1) is 13.1. The highest BCUT2D eigenvalue weighted by Crippen LogP contribution is 2.19. The van der Waals surface area contributed by atoms with Crippen LogP contribution >= 0.6 is 11.6 Å². The van der Waals surface area contributed by atoms with Crippen LogP contribution in [0.15, 0.2) is 18.3 Å². The number of carbonyl (C=O) groups excluding carboxylic acids is 1. The summed E-state index contributed by atoms with van der Waals surface area (Å²) in [5.41, 5.74) is 0.748. The number of rotatable bonds is 5. The summed E-state index contributed by atoms with van der Waals surface area (Å²) >= 11 is 5.54. The molecule has 18 heavy (non-hydrogen) atoms. The van der Waals surface area contributed by atoms with E-state index >= 15 is 0 Å². The van der Waals surface area contributed by atoms with Gasteiger partial charge in [-0.2, -0.15) is 0 Å². The first-order chi connectivity index (χ1) is 8.79. The van der Waals surface area contributed by atoms with Gasteiger partial charge in [0.25, 0.3) is 0 Å². The monoisotopic (exact) mass is 267 g/mol. The Kier molecular flexibility index (Phi) is 4.81. The van der Waals surface area contributed by atoms with Crippen LogP contribution in [0.25, 0.3) is 0 Å². The summed E-state index contributed by atoms with van der Waals surface area (Å²) in [6.07, 6.45) is 5.34. The van der Waals surface area contributed by atoms with Crippen LogP contribution < -0.4 is 10.2 Å². The molecule has 2 rings (SSSR count). The van der Waals surface area contributed by atoms with Gasteiger partial charge < -0.3 is 10.2 Å². The van der Waals surface area contributed by atoms with E-state index in [4.69, 9.17) is 11.6 Å². The number of aromatic nitrogens is 1. The van der Waals surface area contributed by atoms with E-state index < -0.39 is 0 Å². The molecule has 0 radical (unpaired) electrons. The molecule has 0 unspecified atom stereocenters. The van der Waals surface area contributed by atoms with Gasteiger partial charge >= 0.3 is 0 Å². The Labute approximate surface area is 112 Å². The molecule has 0 spiro atoms. The Morgan fingerprint density at radius 1 is 1.39 bits per heavy atom. The van der Waals surface area contributed by atoms with Crippen LogP contribution in [0.4, 0.5) is 11.5 Å². The van der Waals surface area contributed by atoms with Crippen LogP contribution in [0.2, 0.25) is 0 Å². The number of alkyl halides is 1. The van der Waals surface area contributed by atoms with Gasteiger partial charge in [-0.05, 0) is 31.4 Å². The largest absolute Gasteiger partial charge is 0.357 e. The fraction of sp³-hybridized carbons (Fsp3) is 0.538. The summed E-state index contributed by atoms with van der Waals surface area (Å²) in [5, 5.41) is 2.82. The maximum atomic E-state index is 11.5. The van der Waals surface area contributed by atoms with Crippen molar-refractivity contribution >= 4 is 29.0 Å². The number of hydrogen-bond donors (Lipinski definition) is 1. The first-order valence-corrected chi connectivity index (χ1v) is 6.90. The Morgan fingerprint density at radius 2 is 2.17 bits per heavy atom. The molecular weight excluding hydrogens is 250 g/mol. The zero-order valence-corrected chi connectivity index (χ0v) is 11.1. The molecule has 1 aliphatic heterocycles. The number of nitrogens with zero attached hydrogens (tertiary/aromatic N) is 2. The summed E-state index contributed by atoms with van der Waals surface area (Å²) in [6.45, 7) is 2.16. The molecule has 1 amide bonds. The Balaban J connectivity index is 1.88. The van der Waals surface area contributed by atoms with Crippen LogP contribution in [0.5, 0.6) is 0 Å². The third-order valence-electron chi connectivity index (χ3n) is 3.00. The molecule has 0 saturated carbocycles. The van der Waals surface area contributed by atoms with Crippen molar-refractivity contribution in [2.24, 2.45) is 0 Å². The molecule has 1 fully saturated rings. The fourth-order valence-corrected chi connectivity index (χ4v) is 2.18. The minimum absolute atomic E-state index is 0.00799. The highest BCUT2D eigenvalue weighted by molar-refractivity contribution is 6.18. The summed E-state index contributed by atoms with van der Waals surface area (Å²) in [7, 11) is 0. The third-order valence-corrected chi connectivity index (χ3v) is 3.27. The second-order valence-electron chi connectivity index (χ2n) is 4.44. The molecule has 1 aromatic heterocycles. The van der Waals surface area contributed by atoms with Gasteiger partial charge in [-0.1, -0.05) is 0 Å². The molecular formula is C13H18ClN3O. The van der Waals surface area contributed by atoms with Crippen LogP contribution in [0, 0.1) is 0 Å². The third kappa shape index (κ3) is 3.60. The van der Waals surface area contributed by atoms with Gasteiger partial charge in [0.1, 0.15) is 5.82 Å². The van der Waals surface area contributed by atoms with E-state index in [1.54, 1.807) is 6.20 Å². The molecule has 0 aromatic carbocycles. The number of pyridine rings is 1. The summed E-state index contributed by atoms with van der Waals surface area (Å²) in [5.74, 6) is 1.50. The molecule has 1 saturated heterocycles. The van der Waals surface area contributed by atoms with E-state index in [2.05, 4.69) is 15.2 Å². The van der Waals surface area contributed by atoms with Crippen LogP contribution in [-0.4, -0.2) is 29.9 Å². The molecule has 0 atom stereocenters. The summed E-state index contributed by atoms with van der Waals surface area (Å²) in [4.78, 5) is 18.1. The van der Waals surface area contributed by atoms with Gasteiger partial charge in [0.05, 0.1) is 11.9 Å². The lowest BCUT2D eigenvalue weighted by atomic mass is 10.3. The predicted molar refractivity (Wildman–Crippen MR) is 74.3 cm³/mol. The Morgan fingerprint density at radius 3 is 2.78 bits per heavy atom. The van der Waals surface area contributed by atoms with Gasteiger partial charge in [0.2, 0.25) is 5.91 Å². The van der Waals surface area contributed by atoms with Crippen LogP contribution in [-0.2, 0) is 4.79 Å². The minimum atomic E-state index is -0.00799. The van der Waals surface area contributed by atoms with Gasteiger partial charge in [0.15, 0.2) is 0 Å². The lowest BCUT2D eigenvalue weighted by Crippen LogP contribution is -2.19. The molecule has 1 aromatic rings. The van der Waals surface area contributed by atoms with E-state index in [0.717, 1.165) is 24.6 Å². The number of nitrogens with one attached hydrogen (secondary N) is 1. The Hall–Kier alpha value is -1.29. The quantitative estimate of drug-likeness (QED) is 0.834. The van der Waals surface area contributed by atoms with Crippen molar-refractivity contribution in [3.8, 4) is 0 Å². The maximum Gasteiger partial charge on any atom is 0.224 e. The standard InChI is InChI=1S/C13H18ClN3O/c14-7-3-4-13(18)16-11-5-6-12(15-10-11)17-8-1-2-9-17/h5-6,10H,1-4,7-9H2,(H,16,18). The molecule has 1 aliphatic rings. The number of carbonyl (C=O) groups is 1. The van der Waals surface area contributed by atoms with Crippen LogP contribution in [0.3, 0.4) is 0 Å². The van der Waals surface area contributed by atoms with Crippen molar-refractivity contribution in [3.63, 3.8) is 0 Å². The van der Waals surface area contributed by atoms with Gasteiger partial charge in [0, 0.05) is 25.4 Å². The predicted octanol–water partition coefficient (Wildman–Crippen LogP) is 2.64. The normalized spacial score (nSPS) is 14.8. The van der Waals surface area contributed by atoms with E-state index in [-0.39, 0.29) is 5.91 Å². The van der Waals surface area contributed by atoms with Crippen molar-refractivity contribution in [1.29, 1.82) is 0 Å². The van der Waals surface area contributed by atoms with E-state index in [9.17, 15) is 4.79 Å². The van der Waals surface area contributed by atoms with Crippen molar-refractivity contribution in [1.82, 2.24) is 4.98 Å². The number of halogens is 1. The number of amides is 1. The van der Waals surface area contributed by atoms with Crippen LogP contribution in [0.1, 0.15) is 25.7 Å². The molecule has 0 bridgehead atoms. The smallest absolute Gasteiger partial charge is 0.224 e. The van der Waals surface area contributed by atoms with Crippen molar-refractivity contribution < 1.29 is 4.79 Å². The van der Waals surface area contributed by atoms with Crippen molar-refractivity contribution in [3.05, 3.63) is 18.3 Å². The molecule has 2 heterocycles. The first-order valence-electron chi connectivity index (χ1n) is 6.36. The zero-order chi connectivity index (χ0) is 12.8. The highest BCUT2D eigenvalue weighted by Gasteiger charge is 2.13. The summed E-state index contributed by atoms with van der Waals surface area (Å²) < 4.78 is 0. The van der Waals surface area contributed by atoms with E-state index in [1.807, 2.05) is 12.1 Å². The zero-order valence-electron chi connectivity index (χ0n) is 10.4. The lowest BCUT2D eigenvalue weighted by molar-refractivity contribution is -0.116. The van der Waals surface area contributed by atoms with E-state index in [0.29, 0.717) is 18.7 Å². The van der Waals surface area contributed by atoms with E-state index in [1.165, 1.54) is 12.8 Å². The van der Waals surface area contributed by atoms with Crippen molar-refractivity contribution in [2.45, 2.75) is 25.7 Å². The Bertz CT molecular complexity index is 388. The van der Waals surface area contributed by atoms with Gasteiger partial charge in [-0.15, -0.1) is 11.6 Å². The SMILES string of the molecule is O=C(CCCCl)Nc1ccc(N2CCCC2)nc1. The highest BCUT2D eigenvalue weighted by atomic mass is 35.5. The topological polar surface area (TPSA) is 45.2 Å². The number of hydrogen-bond acceptors (Lipinski definition) is 3.